The van der Waals surface area contributed by atoms with Gasteiger partial charge in [0.05, 0.1) is 12.6 Å². The second kappa shape index (κ2) is 6.84. The lowest BCUT2D eigenvalue weighted by molar-refractivity contribution is 0.268. The highest BCUT2D eigenvalue weighted by Crippen LogP contribution is 2.21. The molecule has 1 fully saturated rings. The second-order valence-corrected chi connectivity index (χ2v) is 4.43. The Bertz CT molecular complexity index is 323. The smallest absolute Gasteiger partial charge is 0.0624 e. The third kappa shape index (κ3) is 3.60. The summed E-state index contributed by atoms with van der Waals surface area (Å²) in [5.74, 6) is 0. The molecular weight excluding hydrogens is 236 g/mol. The molecule has 4 heteroatoms. The summed E-state index contributed by atoms with van der Waals surface area (Å²) < 4.78 is 0. The zero-order chi connectivity index (χ0) is 11.4. The Balaban J connectivity index is 0.00000144. The number of halogens is 1. The standard InChI is InChI=1S/C13H20N2O.ClH/c14-13(10-16)11-4-6-12(7-5-11)15-8-2-1-3-9-15;/h4-7,13,16H,1-3,8-10,14H2;1H/t13-;/m1./s1. The van der Waals surface area contributed by atoms with E-state index in [9.17, 15) is 0 Å². The first kappa shape index (κ1) is 14.3. The van der Waals surface area contributed by atoms with Gasteiger partial charge in [-0.05, 0) is 37.0 Å². The molecule has 3 nitrogen and oxygen atoms in total. The number of nitrogens with two attached hydrogens (primary N) is 1. The van der Waals surface area contributed by atoms with Gasteiger partial charge in [0.2, 0.25) is 0 Å². The van der Waals surface area contributed by atoms with Gasteiger partial charge in [-0.15, -0.1) is 12.4 Å². The van der Waals surface area contributed by atoms with E-state index in [2.05, 4.69) is 17.0 Å². The van der Waals surface area contributed by atoms with E-state index in [1.54, 1.807) is 0 Å². The van der Waals surface area contributed by atoms with E-state index in [1.165, 1.54) is 24.9 Å². The number of aliphatic hydroxyl groups is 1. The van der Waals surface area contributed by atoms with Crippen LogP contribution < -0.4 is 10.6 Å². The minimum Gasteiger partial charge on any atom is -0.394 e. The van der Waals surface area contributed by atoms with Crippen molar-refractivity contribution in [1.29, 1.82) is 0 Å². The molecule has 1 aromatic carbocycles. The van der Waals surface area contributed by atoms with Crippen LogP contribution in [0.5, 0.6) is 0 Å². The third-order valence-electron chi connectivity index (χ3n) is 3.24. The number of anilines is 1. The normalized spacial score (nSPS) is 17.4. The van der Waals surface area contributed by atoms with Gasteiger partial charge in [-0.3, -0.25) is 0 Å². The fraction of sp³-hybridized carbons (Fsp3) is 0.538. The SMILES string of the molecule is Cl.N[C@H](CO)c1ccc(N2CCCCC2)cc1. The van der Waals surface area contributed by atoms with Crippen molar-refractivity contribution in [3.63, 3.8) is 0 Å². The van der Waals surface area contributed by atoms with Crippen molar-refractivity contribution in [3.05, 3.63) is 29.8 Å². The van der Waals surface area contributed by atoms with E-state index in [-0.39, 0.29) is 25.1 Å². The van der Waals surface area contributed by atoms with Crippen molar-refractivity contribution in [1.82, 2.24) is 0 Å². The van der Waals surface area contributed by atoms with Crippen LogP contribution in [0.3, 0.4) is 0 Å². The fourth-order valence-corrected chi connectivity index (χ4v) is 2.19. The summed E-state index contributed by atoms with van der Waals surface area (Å²) in [6.45, 7) is 2.32. The summed E-state index contributed by atoms with van der Waals surface area (Å²) in [5, 5.41) is 8.97. The van der Waals surface area contributed by atoms with Gasteiger partial charge in [-0.1, -0.05) is 12.1 Å². The largest absolute Gasteiger partial charge is 0.394 e. The van der Waals surface area contributed by atoms with Gasteiger partial charge in [-0.2, -0.15) is 0 Å². The van der Waals surface area contributed by atoms with E-state index in [0.29, 0.717) is 0 Å². The molecule has 0 bridgehead atoms. The maximum atomic E-state index is 8.97. The Morgan fingerprint density at radius 3 is 2.24 bits per heavy atom. The average Bonchev–Trinajstić information content (AvgIpc) is 2.39. The number of nitrogens with zero attached hydrogens (tertiary/aromatic N) is 1. The first-order valence-electron chi connectivity index (χ1n) is 6.02. The molecule has 0 unspecified atom stereocenters. The molecule has 1 atom stereocenters. The molecule has 0 spiro atoms. The molecule has 1 aromatic rings. The first-order valence-corrected chi connectivity index (χ1v) is 6.02. The average molecular weight is 257 g/mol. The molecule has 1 aliphatic heterocycles. The second-order valence-electron chi connectivity index (χ2n) is 4.43. The molecule has 0 saturated carbocycles. The van der Waals surface area contributed by atoms with Crippen LogP contribution >= 0.6 is 12.4 Å². The van der Waals surface area contributed by atoms with Gasteiger partial charge in [0.25, 0.3) is 0 Å². The Kier molecular flexibility index (Phi) is 5.75. The summed E-state index contributed by atoms with van der Waals surface area (Å²) >= 11 is 0. The van der Waals surface area contributed by atoms with Gasteiger partial charge >= 0.3 is 0 Å². The fourth-order valence-electron chi connectivity index (χ4n) is 2.19. The molecule has 1 saturated heterocycles. The van der Waals surface area contributed by atoms with E-state index in [4.69, 9.17) is 10.8 Å². The Hall–Kier alpha value is -0.770. The van der Waals surface area contributed by atoms with Gasteiger partial charge in [0.15, 0.2) is 0 Å². The Labute approximate surface area is 109 Å². The van der Waals surface area contributed by atoms with Crippen LogP contribution in [0.4, 0.5) is 5.69 Å². The van der Waals surface area contributed by atoms with Crippen LogP contribution in [0.1, 0.15) is 30.9 Å². The molecule has 3 N–H and O–H groups in total. The van der Waals surface area contributed by atoms with Crippen molar-refractivity contribution in [2.24, 2.45) is 5.73 Å². The van der Waals surface area contributed by atoms with E-state index >= 15 is 0 Å². The molecule has 0 amide bonds. The molecule has 0 radical (unpaired) electrons. The highest BCUT2D eigenvalue weighted by atomic mass is 35.5. The topological polar surface area (TPSA) is 49.5 Å². The maximum absolute atomic E-state index is 8.97. The third-order valence-corrected chi connectivity index (χ3v) is 3.24. The van der Waals surface area contributed by atoms with Gasteiger partial charge in [-0.25, -0.2) is 0 Å². The van der Waals surface area contributed by atoms with Gasteiger partial charge in [0, 0.05) is 18.8 Å². The molecule has 96 valence electrons. The Morgan fingerprint density at radius 2 is 1.71 bits per heavy atom. The predicted octanol–water partition coefficient (Wildman–Crippen LogP) is 2.09. The van der Waals surface area contributed by atoms with Crippen LogP contribution in [0.15, 0.2) is 24.3 Å². The maximum Gasteiger partial charge on any atom is 0.0624 e. The number of piperidine rings is 1. The number of hydrogen-bond donors (Lipinski definition) is 2. The van der Waals surface area contributed by atoms with Crippen LogP contribution in [-0.4, -0.2) is 24.8 Å². The number of hydrogen-bond acceptors (Lipinski definition) is 3. The van der Waals surface area contributed by atoms with Crippen molar-refractivity contribution in [3.8, 4) is 0 Å². The zero-order valence-electron chi connectivity index (χ0n) is 10.0. The summed E-state index contributed by atoms with van der Waals surface area (Å²) in [4.78, 5) is 2.41. The number of benzene rings is 1. The molecule has 1 aliphatic rings. The lowest BCUT2D eigenvalue weighted by Crippen LogP contribution is -2.29. The zero-order valence-corrected chi connectivity index (χ0v) is 10.8. The monoisotopic (exact) mass is 256 g/mol. The summed E-state index contributed by atoms with van der Waals surface area (Å²) in [6, 6.07) is 8.00. The minimum absolute atomic E-state index is 0. The molecule has 17 heavy (non-hydrogen) atoms. The first-order chi connectivity index (χ1) is 7.81. The number of rotatable bonds is 3. The van der Waals surface area contributed by atoms with Crippen LogP contribution in [-0.2, 0) is 0 Å². The van der Waals surface area contributed by atoms with Crippen molar-refractivity contribution in [2.45, 2.75) is 25.3 Å². The highest BCUT2D eigenvalue weighted by Gasteiger charge is 2.11. The summed E-state index contributed by atoms with van der Waals surface area (Å²) in [6.07, 6.45) is 3.93. The van der Waals surface area contributed by atoms with Crippen molar-refractivity contribution < 1.29 is 5.11 Å². The van der Waals surface area contributed by atoms with Crippen LogP contribution in [0.2, 0.25) is 0 Å². The molecule has 0 aromatic heterocycles. The summed E-state index contributed by atoms with van der Waals surface area (Å²) in [7, 11) is 0. The van der Waals surface area contributed by atoms with Crippen molar-refractivity contribution in [2.75, 3.05) is 24.6 Å². The predicted molar refractivity (Wildman–Crippen MR) is 73.8 cm³/mol. The molecule has 1 heterocycles. The van der Waals surface area contributed by atoms with Crippen LogP contribution in [0, 0.1) is 0 Å². The van der Waals surface area contributed by atoms with E-state index in [1.807, 2.05) is 12.1 Å². The van der Waals surface area contributed by atoms with Gasteiger partial charge in [0.1, 0.15) is 0 Å². The van der Waals surface area contributed by atoms with E-state index < -0.39 is 0 Å². The van der Waals surface area contributed by atoms with Gasteiger partial charge < -0.3 is 15.7 Å². The van der Waals surface area contributed by atoms with E-state index in [0.717, 1.165) is 18.7 Å². The molecule has 2 rings (SSSR count). The molecular formula is C13H21ClN2O. The minimum atomic E-state index is -0.254. The lowest BCUT2D eigenvalue weighted by atomic mass is 10.1. The summed E-state index contributed by atoms with van der Waals surface area (Å²) in [5.41, 5.74) is 8.03. The van der Waals surface area contributed by atoms with Crippen molar-refractivity contribution >= 4 is 18.1 Å². The molecule has 0 aliphatic carbocycles. The Morgan fingerprint density at radius 1 is 1.12 bits per heavy atom. The lowest BCUT2D eigenvalue weighted by Gasteiger charge is -2.29. The number of aliphatic hydroxyl groups excluding tert-OH is 1. The van der Waals surface area contributed by atoms with Crippen LogP contribution in [0.25, 0.3) is 0 Å². The highest BCUT2D eigenvalue weighted by molar-refractivity contribution is 5.85. The quantitative estimate of drug-likeness (QED) is 0.871.